The fourth-order valence-corrected chi connectivity index (χ4v) is 5.61. The molecule has 0 aliphatic carbocycles. The number of anilines is 3. The van der Waals surface area contributed by atoms with Crippen molar-refractivity contribution >= 4 is 44.8 Å². The van der Waals surface area contributed by atoms with Gasteiger partial charge in [-0.1, -0.05) is 49.0 Å². The van der Waals surface area contributed by atoms with Crippen LogP contribution in [0.25, 0.3) is 0 Å². The van der Waals surface area contributed by atoms with Gasteiger partial charge in [0.1, 0.15) is 0 Å². The number of nitrogens with one attached hydrogen (secondary N) is 1. The molecule has 0 unspecified atom stereocenters. The molecule has 3 aromatic rings. The number of sulfonamides is 1. The summed E-state index contributed by atoms with van der Waals surface area (Å²) in [5, 5.41) is 8.13. The molecule has 0 aromatic heterocycles. The second-order valence-electron chi connectivity index (χ2n) is 7.21. The molecular formula is C23H23N3O3S2. The molecule has 4 rings (SSSR count). The van der Waals surface area contributed by atoms with Gasteiger partial charge >= 0.3 is 0 Å². The van der Waals surface area contributed by atoms with Crippen LogP contribution in [0.15, 0.2) is 81.4 Å². The molecule has 0 atom stereocenters. The van der Waals surface area contributed by atoms with Gasteiger partial charge in [-0.25, -0.2) is 13.6 Å². The topological polar surface area (TPSA) is 92.5 Å². The molecule has 1 heterocycles. The second-order valence-corrected chi connectivity index (χ2v) is 9.82. The Hall–Kier alpha value is -2.81. The van der Waals surface area contributed by atoms with Crippen molar-refractivity contribution in [3.05, 3.63) is 72.3 Å². The molecule has 1 aliphatic rings. The maximum absolute atomic E-state index is 12.7. The van der Waals surface area contributed by atoms with Crippen LogP contribution in [0.2, 0.25) is 0 Å². The molecule has 3 N–H and O–H groups in total. The van der Waals surface area contributed by atoms with Crippen LogP contribution in [0, 0.1) is 0 Å². The van der Waals surface area contributed by atoms with Gasteiger partial charge in [0.25, 0.3) is 0 Å². The van der Waals surface area contributed by atoms with Gasteiger partial charge < -0.3 is 10.2 Å². The molecule has 0 spiro atoms. The van der Waals surface area contributed by atoms with Gasteiger partial charge in [-0.2, -0.15) is 0 Å². The van der Waals surface area contributed by atoms with Crippen molar-refractivity contribution in [2.75, 3.05) is 16.8 Å². The quantitative estimate of drug-likeness (QED) is 0.572. The van der Waals surface area contributed by atoms with Crippen molar-refractivity contribution in [3.63, 3.8) is 0 Å². The minimum atomic E-state index is -3.86. The number of primary sulfonamides is 1. The third-order valence-corrected chi connectivity index (χ3v) is 7.26. The molecule has 0 radical (unpaired) electrons. The Kier molecular flexibility index (Phi) is 6.04. The van der Waals surface area contributed by atoms with Crippen LogP contribution in [0.5, 0.6) is 0 Å². The normalized spacial score (nSPS) is 12.8. The standard InChI is InChI=1S/C23H23N3O3S2/c1-2-16-11-12-17(15-22(16)31(24,28)29)25-23(27)13-14-26-18-7-3-5-9-20(18)30-21-10-6-4-8-19(21)26/h3-12,15H,2,13-14H2,1H3,(H,25,27)(H2,24,28,29). The van der Waals surface area contributed by atoms with Crippen molar-refractivity contribution in [2.45, 2.75) is 34.5 Å². The third-order valence-electron chi connectivity index (χ3n) is 5.13. The van der Waals surface area contributed by atoms with E-state index in [2.05, 4.69) is 34.5 Å². The summed E-state index contributed by atoms with van der Waals surface area (Å²) in [6.07, 6.45) is 0.777. The fourth-order valence-electron chi connectivity index (χ4n) is 3.65. The Balaban J connectivity index is 1.52. The van der Waals surface area contributed by atoms with Crippen LogP contribution < -0.4 is 15.4 Å². The predicted molar refractivity (Wildman–Crippen MR) is 124 cm³/mol. The zero-order chi connectivity index (χ0) is 22.0. The average molecular weight is 454 g/mol. The van der Waals surface area contributed by atoms with Crippen molar-refractivity contribution in [1.82, 2.24) is 0 Å². The molecule has 160 valence electrons. The number of carbonyl (C=O) groups is 1. The SMILES string of the molecule is CCc1ccc(NC(=O)CCN2c3ccccc3Sc3ccccc32)cc1S(N)(=O)=O. The summed E-state index contributed by atoms with van der Waals surface area (Å²) in [6.45, 7) is 2.35. The number of fused-ring (bicyclic) bond motifs is 2. The van der Waals surface area contributed by atoms with E-state index >= 15 is 0 Å². The van der Waals surface area contributed by atoms with Gasteiger partial charge in [-0.05, 0) is 48.4 Å². The number of rotatable bonds is 6. The summed E-state index contributed by atoms with van der Waals surface area (Å²) in [5.41, 5.74) is 3.19. The molecule has 0 saturated heterocycles. The Morgan fingerprint density at radius 3 is 2.19 bits per heavy atom. The lowest BCUT2D eigenvalue weighted by Gasteiger charge is -2.32. The fraction of sp³-hybridized carbons (Fsp3) is 0.174. The van der Waals surface area contributed by atoms with E-state index in [4.69, 9.17) is 5.14 Å². The van der Waals surface area contributed by atoms with Crippen LogP contribution in [-0.4, -0.2) is 20.9 Å². The zero-order valence-electron chi connectivity index (χ0n) is 17.0. The van der Waals surface area contributed by atoms with Crippen LogP contribution in [0.4, 0.5) is 17.1 Å². The summed E-state index contributed by atoms with van der Waals surface area (Å²) in [4.78, 5) is 17.2. The van der Waals surface area contributed by atoms with Crippen molar-refractivity contribution < 1.29 is 13.2 Å². The first-order valence-electron chi connectivity index (χ1n) is 9.96. The van der Waals surface area contributed by atoms with Crippen molar-refractivity contribution in [1.29, 1.82) is 0 Å². The molecule has 1 amide bonds. The number of hydrogen-bond acceptors (Lipinski definition) is 5. The highest BCUT2D eigenvalue weighted by Gasteiger charge is 2.23. The minimum absolute atomic E-state index is 0.0451. The molecule has 0 saturated carbocycles. The Morgan fingerprint density at radius 2 is 1.61 bits per heavy atom. The molecule has 0 fully saturated rings. The number of benzene rings is 3. The van der Waals surface area contributed by atoms with E-state index in [0.29, 0.717) is 24.2 Å². The van der Waals surface area contributed by atoms with Crippen LogP contribution in [-0.2, 0) is 21.2 Å². The summed E-state index contributed by atoms with van der Waals surface area (Å²) < 4.78 is 23.7. The van der Waals surface area contributed by atoms with Gasteiger partial charge in [-0.15, -0.1) is 0 Å². The Bertz CT molecular complexity index is 1200. The van der Waals surface area contributed by atoms with E-state index in [1.165, 1.54) is 6.07 Å². The van der Waals surface area contributed by atoms with E-state index in [9.17, 15) is 13.2 Å². The van der Waals surface area contributed by atoms with Gasteiger partial charge in [0.2, 0.25) is 15.9 Å². The maximum Gasteiger partial charge on any atom is 0.238 e. The van der Waals surface area contributed by atoms with E-state index in [0.717, 1.165) is 21.2 Å². The molecular weight excluding hydrogens is 430 g/mol. The lowest BCUT2D eigenvalue weighted by atomic mass is 10.1. The lowest BCUT2D eigenvalue weighted by Crippen LogP contribution is -2.26. The number of nitrogens with two attached hydrogens (primary N) is 1. The van der Waals surface area contributed by atoms with E-state index < -0.39 is 10.0 Å². The number of nitrogens with zero attached hydrogens (tertiary/aromatic N) is 1. The van der Waals surface area contributed by atoms with E-state index in [1.807, 2.05) is 31.2 Å². The molecule has 0 bridgehead atoms. The highest BCUT2D eigenvalue weighted by Crippen LogP contribution is 2.47. The largest absolute Gasteiger partial charge is 0.339 e. The van der Waals surface area contributed by atoms with Crippen molar-refractivity contribution in [2.24, 2.45) is 5.14 Å². The first-order valence-corrected chi connectivity index (χ1v) is 12.3. The number of para-hydroxylation sites is 2. The molecule has 3 aromatic carbocycles. The smallest absolute Gasteiger partial charge is 0.238 e. The van der Waals surface area contributed by atoms with Crippen molar-refractivity contribution in [3.8, 4) is 0 Å². The predicted octanol–water partition coefficient (Wildman–Crippen LogP) is 4.53. The van der Waals surface area contributed by atoms with E-state index in [-0.39, 0.29) is 17.2 Å². The molecule has 8 heteroatoms. The summed E-state index contributed by atoms with van der Waals surface area (Å²) >= 11 is 1.72. The first kappa shape index (κ1) is 21.4. The lowest BCUT2D eigenvalue weighted by molar-refractivity contribution is -0.116. The van der Waals surface area contributed by atoms with Crippen LogP contribution >= 0.6 is 11.8 Å². The monoisotopic (exact) mass is 453 g/mol. The third kappa shape index (κ3) is 4.61. The summed E-state index contributed by atoms with van der Waals surface area (Å²) in [6, 6.07) is 21.1. The second kappa shape index (κ2) is 8.74. The highest BCUT2D eigenvalue weighted by atomic mass is 32.2. The minimum Gasteiger partial charge on any atom is -0.339 e. The van der Waals surface area contributed by atoms with Crippen LogP contribution in [0.1, 0.15) is 18.9 Å². The summed E-state index contributed by atoms with van der Waals surface area (Å²) in [7, 11) is -3.86. The number of carbonyl (C=O) groups excluding carboxylic acids is 1. The summed E-state index contributed by atoms with van der Waals surface area (Å²) in [5.74, 6) is -0.196. The van der Waals surface area contributed by atoms with E-state index in [1.54, 1.807) is 23.9 Å². The van der Waals surface area contributed by atoms with Gasteiger partial charge in [0, 0.05) is 28.4 Å². The molecule has 6 nitrogen and oxygen atoms in total. The Labute approximate surface area is 186 Å². The Morgan fingerprint density at radius 1 is 1.00 bits per heavy atom. The maximum atomic E-state index is 12.7. The number of hydrogen-bond donors (Lipinski definition) is 2. The average Bonchev–Trinajstić information content (AvgIpc) is 2.76. The van der Waals surface area contributed by atoms with Gasteiger partial charge in [-0.3, -0.25) is 4.79 Å². The number of aryl methyl sites for hydroxylation is 1. The molecule has 31 heavy (non-hydrogen) atoms. The van der Waals surface area contributed by atoms with Gasteiger partial charge in [0.15, 0.2) is 0 Å². The molecule has 1 aliphatic heterocycles. The van der Waals surface area contributed by atoms with Crippen LogP contribution in [0.3, 0.4) is 0 Å². The zero-order valence-corrected chi connectivity index (χ0v) is 18.7. The highest BCUT2D eigenvalue weighted by molar-refractivity contribution is 7.99. The van der Waals surface area contributed by atoms with Gasteiger partial charge in [0.05, 0.1) is 16.3 Å². The number of amides is 1. The first-order chi connectivity index (χ1) is 14.9.